The zero-order chi connectivity index (χ0) is 14.0. The number of benzene rings is 1. The van der Waals surface area contributed by atoms with Crippen LogP contribution in [0.15, 0.2) is 30.5 Å². The third-order valence-corrected chi connectivity index (χ3v) is 2.56. The lowest BCUT2D eigenvalue weighted by molar-refractivity contribution is -0.117. The summed E-state index contributed by atoms with van der Waals surface area (Å²) in [5.41, 5.74) is 0. The standard InChI is InChI=1S/C12H10F4N2O/c13-11(14)12(15,16)6-18-10-9-5-8(19)2-1-7(9)3-4-17-10/h1-5,11,19H,6H2,(H,17,18). The van der Waals surface area contributed by atoms with Crippen molar-refractivity contribution in [3.8, 4) is 5.75 Å². The number of phenols is 1. The van der Waals surface area contributed by atoms with E-state index in [1.54, 1.807) is 12.1 Å². The van der Waals surface area contributed by atoms with Gasteiger partial charge in [0.1, 0.15) is 11.6 Å². The van der Waals surface area contributed by atoms with Gasteiger partial charge >= 0.3 is 12.3 Å². The van der Waals surface area contributed by atoms with Crippen molar-refractivity contribution < 1.29 is 22.7 Å². The van der Waals surface area contributed by atoms with E-state index in [1.807, 2.05) is 0 Å². The van der Waals surface area contributed by atoms with Gasteiger partial charge < -0.3 is 10.4 Å². The third kappa shape index (κ3) is 2.86. The molecule has 0 amide bonds. The van der Waals surface area contributed by atoms with Gasteiger partial charge in [-0.25, -0.2) is 13.8 Å². The minimum atomic E-state index is -4.14. The molecule has 0 saturated carbocycles. The number of rotatable bonds is 4. The summed E-state index contributed by atoms with van der Waals surface area (Å²) in [5, 5.41) is 12.6. The molecule has 102 valence electrons. The van der Waals surface area contributed by atoms with Crippen molar-refractivity contribution in [1.29, 1.82) is 0 Å². The monoisotopic (exact) mass is 274 g/mol. The molecule has 0 atom stereocenters. The molecule has 0 aliphatic heterocycles. The Morgan fingerprint density at radius 2 is 2.00 bits per heavy atom. The van der Waals surface area contributed by atoms with Gasteiger partial charge in [-0.2, -0.15) is 8.78 Å². The van der Waals surface area contributed by atoms with E-state index in [4.69, 9.17) is 0 Å². The van der Waals surface area contributed by atoms with Crippen LogP contribution < -0.4 is 5.32 Å². The maximum Gasteiger partial charge on any atom is 0.324 e. The van der Waals surface area contributed by atoms with Gasteiger partial charge in [0, 0.05) is 11.6 Å². The molecule has 0 radical (unpaired) electrons. The lowest BCUT2D eigenvalue weighted by Crippen LogP contribution is -2.35. The topological polar surface area (TPSA) is 45.2 Å². The SMILES string of the molecule is Oc1ccc2ccnc(NCC(F)(F)C(F)F)c2c1. The van der Waals surface area contributed by atoms with E-state index in [2.05, 4.69) is 10.3 Å². The largest absolute Gasteiger partial charge is 0.508 e. The average molecular weight is 274 g/mol. The molecule has 0 unspecified atom stereocenters. The van der Waals surface area contributed by atoms with E-state index in [0.29, 0.717) is 10.8 Å². The fourth-order valence-corrected chi connectivity index (χ4v) is 1.58. The number of halogens is 4. The Labute approximate surface area is 105 Å². The first kappa shape index (κ1) is 13.4. The molecular weight excluding hydrogens is 264 g/mol. The molecule has 0 fully saturated rings. The van der Waals surface area contributed by atoms with Gasteiger partial charge in [0.15, 0.2) is 0 Å². The first-order chi connectivity index (χ1) is 8.90. The summed E-state index contributed by atoms with van der Waals surface area (Å²) >= 11 is 0. The van der Waals surface area contributed by atoms with Crippen molar-refractivity contribution in [2.45, 2.75) is 12.3 Å². The minimum absolute atomic E-state index is 0.0220. The first-order valence-electron chi connectivity index (χ1n) is 5.38. The van der Waals surface area contributed by atoms with Crippen LogP contribution in [0.2, 0.25) is 0 Å². The summed E-state index contributed by atoms with van der Waals surface area (Å²) in [7, 11) is 0. The third-order valence-electron chi connectivity index (χ3n) is 2.56. The van der Waals surface area contributed by atoms with Crippen molar-refractivity contribution >= 4 is 16.6 Å². The van der Waals surface area contributed by atoms with Crippen LogP contribution in [0.3, 0.4) is 0 Å². The second-order valence-electron chi connectivity index (χ2n) is 3.98. The summed E-state index contributed by atoms with van der Waals surface area (Å²) in [4.78, 5) is 3.81. The fourth-order valence-electron chi connectivity index (χ4n) is 1.58. The number of alkyl halides is 4. The highest BCUT2D eigenvalue weighted by molar-refractivity contribution is 5.92. The number of hydrogen-bond donors (Lipinski definition) is 2. The number of pyridine rings is 1. The number of anilines is 1. The molecule has 2 rings (SSSR count). The predicted octanol–water partition coefficient (Wildman–Crippen LogP) is 3.25. The van der Waals surface area contributed by atoms with Crippen LogP contribution in [0.25, 0.3) is 10.8 Å². The number of nitrogens with one attached hydrogen (secondary N) is 1. The normalized spacial score (nSPS) is 12.1. The summed E-state index contributed by atoms with van der Waals surface area (Å²) in [5.74, 6) is -4.18. The van der Waals surface area contributed by atoms with Crippen LogP contribution in [0.1, 0.15) is 0 Å². The van der Waals surface area contributed by atoms with Gasteiger partial charge in [-0.1, -0.05) is 6.07 Å². The van der Waals surface area contributed by atoms with E-state index in [1.165, 1.54) is 18.3 Å². The Hall–Kier alpha value is -2.05. The lowest BCUT2D eigenvalue weighted by atomic mass is 10.1. The highest BCUT2D eigenvalue weighted by atomic mass is 19.3. The predicted molar refractivity (Wildman–Crippen MR) is 62.8 cm³/mol. The van der Waals surface area contributed by atoms with E-state index < -0.39 is 18.9 Å². The highest BCUT2D eigenvalue weighted by Gasteiger charge is 2.40. The van der Waals surface area contributed by atoms with Crippen LogP contribution in [0.4, 0.5) is 23.4 Å². The molecule has 0 aliphatic carbocycles. The second-order valence-corrected chi connectivity index (χ2v) is 3.98. The molecule has 0 bridgehead atoms. The maximum atomic E-state index is 12.8. The molecule has 19 heavy (non-hydrogen) atoms. The van der Waals surface area contributed by atoms with E-state index in [0.717, 1.165) is 0 Å². The molecule has 0 aliphatic rings. The van der Waals surface area contributed by atoms with Crippen LogP contribution in [0, 0.1) is 0 Å². The van der Waals surface area contributed by atoms with Gasteiger partial charge in [-0.15, -0.1) is 0 Å². The summed E-state index contributed by atoms with van der Waals surface area (Å²) < 4.78 is 49.7. The zero-order valence-corrected chi connectivity index (χ0v) is 9.58. The summed E-state index contributed by atoms with van der Waals surface area (Å²) in [6.07, 6.45) is -2.38. The van der Waals surface area contributed by atoms with Gasteiger partial charge in [0.05, 0.1) is 6.54 Å². The number of phenolic OH excluding ortho intramolecular Hbond substituents is 1. The molecular formula is C12H10F4N2O. The maximum absolute atomic E-state index is 12.8. The van der Waals surface area contributed by atoms with Crippen LogP contribution >= 0.6 is 0 Å². The molecule has 7 heteroatoms. The highest BCUT2D eigenvalue weighted by Crippen LogP contribution is 2.27. The number of nitrogens with zero attached hydrogens (tertiary/aromatic N) is 1. The lowest BCUT2D eigenvalue weighted by Gasteiger charge is -2.16. The summed E-state index contributed by atoms with van der Waals surface area (Å²) in [6, 6.07) is 5.94. The molecule has 0 saturated heterocycles. The van der Waals surface area contributed by atoms with Crippen molar-refractivity contribution in [1.82, 2.24) is 4.98 Å². The van der Waals surface area contributed by atoms with Crippen molar-refractivity contribution in [2.24, 2.45) is 0 Å². The number of aromatic hydroxyl groups is 1. The molecule has 1 heterocycles. The smallest absolute Gasteiger partial charge is 0.324 e. The molecule has 1 aromatic carbocycles. The Morgan fingerprint density at radius 1 is 1.26 bits per heavy atom. The molecule has 2 N–H and O–H groups in total. The average Bonchev–Trinajstić information content (AvgIpc) is 2.36. The fraction of sp³-hybridized carbons (Fsp3) is 0.250. The molecule has 3 nitrogen and oxygen atoms in total. The first-order valence-corrected chi connectivity index (χ1v) is 5.38. The second kappa shape index (κ2) is 4.91. The van der Waals surface area contributed by atoms with E-state index in [-0.39, 0.29) is 11.6 Å². The van der Waals surface area contributed by atoms with Crippen molar-refractivity contribution in [2.75, 3.05) is 11.9 Å². The molecule has 2 aromatic rings. The van der Waals surface area contributed by atoms with E-state index in [9.17, 15) is 22.7 Å². The quantitative estimate of drug-likeness (QED) is 0.841. The van der Waals surface area contributed by atoms with Crippen molar-refractivity contribution in [3.63, 3.8) is 0 Å². The number of hydrogen-bond acceptors (Lipinski definition) is 3. The van der Waals surface area contributed by atoms with Gasteiger partial charge in [0.2, 0.25) is 0 Å². The molecule has 1 aromatic heterocycles. The van der Waals surface area contributed by atoms with Gasteiger partial charge in [-0.3, -0.25) is 0 Å². The van der Waals surface area contributed by atoms with Crippen molar-refractivity contribution in [3.05, 3.63) is 30.5 Å². The Kier molecular flexibility index (Phi) is 3.46. The summed E-state index contributed by atoms with van der Waals surface area (Å²) in [6.45, 7) is -1.23. The van der Waals surface area contributed by atoms with Gasteiger partial charge in [-0.05, 0) is 23.6 Å². The van der Waals surface area contributed by atoms with Crippen LogP contribution in [0.5, 0.6) is 5.75 Å². The van der Waals surface area contributed by atoms with Gasteiger partial charge in [0.25, 0.3) is 0 Å². The zero-order valence-electron chi connectivity index (χ0n) is 9.58. The van der Waals surface area contributed by atoms with E-state index >= 15 is 0 Å². The number of fused-ring (bicyclic) bond motifs is 1. The van der Waals surface area contributed by atoms with Crippen LogP contribution in [-0.2, 0) is 0 Å². The minimum Gasteiger partial charge on any atom is -0.508 e. The van der Waals surface area contributed by atoms with Crippen LogP contribution in [-0.4, -0.2) is 29.0 Å². The molecule has 0 spiro atoms. The number of aromatic nitrogens is 1. The Bertz CT molecular complexity index is 589. The Morgan fingerprint density at radius 3 is 2.68 bits per heavy atom. The Balaban J connectivity index is 2.28.